The number of likely N-dealkylation sites (tertiary alicyclic amines) is 1. The summed E-state index contributed by atoms with van der Waals surface area (Å²) in [5.74, 6) is 0. The Morgan fingerprint density at radius 1 is 1.11 bits per heavy atom. The summed E-state index contributed by atoms with van der Waals surface area (Å²) >= 11 is 0. The fourth-order valence-electron chi connectivity index (χ4n) is 2.71. The van der Waals surface area contributed by atoms with E-state index in [9.17, 15) is 0 Å². The van der Waals surface area contributed by atoms with Crippen LogP contribution in [0, 0.1) is 0 Å². The average Bonchev–Trinajstić information content (AvgIpc) is 2.50. The van der Waals surface area contributed by atoms with Crippen molar-refractivity contribution in [3.63, 3.8) is 0 Å². The summed E-state index contributed by atoms with van der Waals surface area (Å²) < 4.78 is 0. The first-order valence-corrected chi connectivity index (χ1v) is 6.83. The van der Waals surface area contributed by atoms with Crippen LogP contribution in [0.2, 0.25) is 0 Å². The van der Waals surface area contributed by atoms with Crippen molar-refractivity contribution in [2.45, 2.75) is 31.8 Å². The van der Waals surface area contributed by atoms with E-state index in [2.05, 4.69) is 25.9 Å². The fraction of sp³-hybridized carbons (Fsp3) is 0.400. The predicted octanol–water partition coefficient (Wildman–Crippen LogP) is 2.60. The second kappa shape index (κ2) is 5.89. The van der Waals surface area contributed by atoms with Crippen LogP contribution in [-0.2, 0) is 6.54 Å². The Labute approximate surface area is 113 Å². The first-order chi connectivity index (χ1) is 9.43. The highest BCUT2D eigenvalue weighted by molar-refractivity contribution is 5.09. The van der Waals surface area contributed by atoms with Crippen LogP contribution in [0.5, 0.6) is 0 Å². The van der Waals surface area contributed by atoms with Crippen molar-refractivity contribution in [1.29, 1.82) is 0 Å². The summed E-state index contributed by atoms with van der Waals surface area (Å²) in [5, 5.41) is 0. The van der Waals surface area contributed by atoms with Gasteiger partial charge >= 0.3 is 0 Å². The first kappa shape index (κ1) is 12.2. The van der Waals surface area contributed by atoms with Crippen molar-refractivity contribution in [3.05, 3.63) is 54.4 Å². The molecule has 1 atom stereocenters. The van der Waals surface area contributed by atoms with Crippen molar-refractivity contribution in [3.8, 4) is 0 Å². The second-order valence-corrected chi connectivity index (χ2v) is 4.94. The minimum atomic E-state index is 0.402. The SMILES string of the molecule is c1ccc(CN2CCCC[C@H]2c2ccncn2)nc1. The minimum absolute atomic E-state index is 0.402. The van der Waals surface area contributed by atoms with Gasteiger partial charge in [-0.1, -0.05) is 12.5 Å². The van der Waals surface area contributed by atoms with Crippen molar-refractivity contribution in [1.82, 2.24) is 19.9 Å². The Balaban J connectivity index is 1.78. The van der Waals surface area contributed by atoms with Crippen LogP contribution in [0.1, 0.15) is 36.7 Å². The average molecular weight is 254 g/mol. The third kappa shape index (κ3) is 2.96. The molecule has 0 unspecified atom stereocenters. The molecule has 0 saturated carbocycles. The number of aromatic nitrogens is 3. The highest BCUT2D eigenvalue weighted by Crippen LogP contribution is 2.30. The van der Waals surface area contributed by atoms with E-state index in [1.807, 2.05) is 30.6 Å². The molecule has 98 valence electrons. The molecule has 0 bridgehead atoms. The Morgan fingerprint density at radius 2 is 2.11 bits per heavy atom. The summed E-state index contributed by atoms with van der Waals surface area (Å²) in [6.07, 6.45) is 9.03. The molecule has 4 nitrogen and oxygen atoms in total. The summed E-state index contributed by atoms with van der Waals surface area (Å²) in [5.41, 5.74) is 2.26. The van der Waals surface area contributed by atoms with Gasteiger partial charge in [-0.2, -0.15) is 0 Å². The maximum absolute atomic E-state index is 4.43. The largest absolute Gasteiger partial charge is 0.289 e. The van der Waals surface area contributed by atoms with Crippen molar-refractivity contribution < 1.29 is 0 Å². The maximum atomic E-state index is 4.43. The monoisotopic (exact) mass is 254 g/mol. The van der Waals surface area contributed by atoms with E-state index in [0.717, 1.165) is 24.5 Å². The van der Waals surface area contributed by atoms with Gasteiger partial charge in [-0.05, 0) is 37.6 Å². The molecule has 2 aromatic heterocycles. The minimum Gasteiger partial charge on any atom is -0.289 e. The number of pyridine rings is 1. The summed E-state index contributed by atoms with van der Waals surface area (Å²) in [6, 6.07) is 8.53. The van der Waals surface area contributed by atoms with E-state index < -0.39 is 0 Å². The summed E-state index contributed by atoms with van der Waals surface area (Å²) in [7, 11) is 0. The zero-order chi connectivity index (χ0) is 12.9. The molecule has 4 heteroatoms. The molecule has 0 N–H and O–H groups in total. The van der Waals surface area contributed by atoms with Crippen molar-refractivity contribution >= 4 is 0 Å². The van der Waals surface area contributed by atoms with Crippen LogP contribution < -0.4 is 0 Å². The molecule has 3 rings (SSSR count). The van der Waals surface area contributed by atoms with E-state index in [1.54, 1.807) is 6.33 Å². The molecule has 0 aliphatic carbocycles. The van der Waals surface area contributed by atoms with Gasteiger partial charge in [0.15, 0.2) is 0 Å². The molecule has 0 aromatic carbocycles. The molecule has 19 heavy (non-hydrogen) atoms. The van der Waals surface area contributed by atoms with Gasteiger partial charge in [-0.25, -0.2) is 9.97 Å². The molecule has 1 saturated heterocycles. The Kier molecular flexibility index (Phi) is 3.79. The molecule has 1 aliphatic rings. The number of nitrogens with zero attached hydrogens (tertiary/aromatic N) is 4. The van der Waals surface area contributed by atoms with Crippen LogP contribution in [0.25, 0.3) is 0 Å². The highest BCUT2D eigenvalue weighted by atomic mass is 15.2. The summed E-state index contributed by atoms with van der Waals surface area (Å²) in [4.78, 5) is 15.3. The molecule has 0 radical (unpaired) electrons. The van der Waals surface area contributed by atoms with Gasteiger partial charge in [0.05, 0.1) is 17.4 Å². The van der Waals surface area contributed by atoms with E-state index in [4.69, 9.17) is 0 Å². The fourth-order valence-corrected chi connectivity index (χ4v) is 2.71. The second-order valence-electron chi connectivity index (χ2n) is 4.94. The molecule has 0 amide bonds. The lowest BCUT2D eigenvalue weighted by Crippen LogP contribution is -2.33. The molecule has 1 aliphatic heterocycles. The normalized spacial score (nSPS) is 20.3. The van der Waals surface area contributed by atoms with Crippen LogP contribution in [0.4, 0.5) is 0 Å². The standard InChI is InChI=1S/C15H18N4/c1-3-8-17-13(5-1)11-19-10-4-2-6-15(19)14-7-9-16-12-18-14/h1,3,5,7-9,12,15H,2,4,6,10-11H2/t15-/m0/s1. The number of hydrogen-bond acceptors (Lipinski definition) is 4. The lowest BCUT2D eigenvalue weighted by molar-refractivity contribution is 0.135. The van der Waals surface area contributed by atoms with Gasteiger partial charge in [-0.15, -0.1) is 0 Å². The van der Waals surface area contributed by atoms with Gasteiger partial charge < -0.3 is 0 Å². The molecule has 3 heterocycles. The third-order valence-electron chi connectivity index (χ3n) is 3.65. The topological polar surface area (TPSA) is 41.9 Å². The number of piperidine rings is 1. The van der Waals surface area contributed by atoms with Crippen LogP contribution in [-0.4, -0.2) is 26.4 Å². The smallest absolute Gasteiger partial charge is 0.115 e. The molecular weight excluding hydrogens is 236 g/mol. The number of hydrogen-bond donors (Lipinski definition) is 0. The lowest BCUT2D eigenvalue weighted by Gasteiger charge is -2.34. The maximum Gasteiger partial charge on any atom is 0.115 e. The van der Waals surface area contributed by atoms with Gasteiger partial charge in [0.1, 0.15) is 6.33 Å². The predicted molar refractivity (Wildman–Crippen MR) is 73.3 cm³/mol. The van der Waals surface area contributed by atoms with E-state index in [-0.39, 0.29) is 0 Å². The van der Waals surface area contributed by atoms with Crippen LogP contribution in [0.3, 0.4) is 0 Å². The Morgan fingerprint density at radius 3 is 2.89 bits per heavy atom. The van der Waals surface area contributed by atoms with E-state index >= 15 is 0 Å². The first-order valence-electron chi connectivity index (χ1n) is 6.83. The number of rotatable bonds is 3. The lowest BCUT2D eigenvalue weighted by atomic mass is 9.99. The quantitative estimate of drug-likeness (QED) is 0.844. The van der Waals surface area contributed by atoms with Gasteiger partial charge in [0.25, 0.3) is 0 Å². The van der Waals surface area contributed by atoms with E-state index in [0.29, 0.717) is 6.04 Å². The molecule has 2 aromatic rings. The van der Waals surface area contributed by atoms with Gasteiger partial charge in [0, 0.05) is 18.9 Å². The molecular formula is C15H18N4. The third-order valence-corrected chi connectivity index (χ3v) is 3.65. The van der Waals surface area contributed by atoms with Crippen LogP contribution >= 0.6 is 0 Å². The summed E-state index contributed by atoms with van der Waals surface area (Å²) in [6.45, 7) is 2.01. The highest BCUT2D eigenvalue weighted by Gasteiger charge is 2.25. The van der Waals surface area contributed by atoms with Gasteiger partial charge in [-0.3, -0.25) is 9.88 Å². The molecule has 1 fully saturated rings. The molecule has 0 spiro atoms. The zero-order valence-electron chi connectivity index (χ0n) is 10.9. The Bertz CT molecular complexity index is 500. The van der Waals surface area contributed by atoms with Crippen molar-refractivity contribution in [2.75, 3.05) is 6.54 Å². The van der Waals surface area contributed by atoms with Crippen LogP contribution in [0.15, 0.2) is 43.0 Å². The van der Waals surface area contributed by atoms with Gasteiger partial charge in [0.2, 0.25) is 0 Å². The zero-order valence-corrected chi connectivity index (χ0v) is 10.9. The van der Waals surface area contributed by atoms with E-state index in [1.165, 1.54) is 19.3 Å². The Hall–Kier alpha value is -1.81. The van der Waals surface area contributed by atoms with Crippen molar-refractivity contribution in [2.24, 2.45) is 0 Å².